The van der Waals surface area contributed by atoms with Crippen LogP contribution in [0.4, 0.5) is 0 Å². The lowest BCUT2D eigenvalue weighted by Crippen LogP contribution is -2.04. The summed E-state index contributed by atoms with van der Waals surface area (Å²) in [5.41, 5.74) is 16.2. The Morgan fingerprint density at radius 2 is 0.982 bits per heavy atom. The summed E-state index contributed by atoms with van der Waals surface area (Å²) in [7, 11) is 0. The third kappa shape index (κ3) is 5.01. The maximum atomic E-state index is 6.36. The molecule has 11 aromatic rings. The van der Waals surface area contributed by atoms with Gasteiger partial charge in [0.1, 0.15) is 11.2 Å². The highest BCUT2D eigenvalue weighted by molar-refractivity contribution is 6.09. The van der Waals surface area contributed by atoms with Crippen molar-refractivity contribution in [2.24, 2.45) is 0 Å². The summed E-state index contributed by atoms with van der Waals surface area (Å²) >= 11 is 0. The zero-order chi connectivity index (χ0) is 37.5. The molecule has 3 aromatic heterocycles. The number of para-hydroxylation sites is 3. The first-order chi connectivity index (χ1) is 28.2. The standard InChI is InChI=1S/C53H33N3O/c1-2-14-33(15-3-1)53-54-46(34-26-27-43-42-20-10-13-25-50(42)57-51(43)31-34)32-47(55-53)35-28-36(52-44-21-6-4-16-38(44)39-17-5-7-22-45(39)52)30-37(29-35)56-48-23-11-8-18-40(48)41-19-9-12-24-49(41)56/h1-32,52H. The molecule has 12 rings (SSSR count). The maximum absolute atomic E-state index is 6.36. The van der Waals surface area contributed by atoms with E-state index < -0.39 is 0 Å². The van der Waals surface area contributed by atoms with Crippen LogP contribution in [0.5, 0.6) is 0 Å². The molecule has 0 saturated carbocycles. The second-order valence-electron chi connectivity index (χ2n) is 14.9. The Labute approximate surface area is 329 Å². The van der Waals surface area contributed by atoms with Crippen molar-refractivity contribution in [2.45, 2.75) is 5.92 Å². The van der Waals surface area contributed by atoms with Crippen molar-refractivity contribution in [3.05, 3.63) is 211 Å². The van der Waals surface area contributed by atoms with Crippen LogP contribution in [0.25, 0.3) is 94.5 Å². The van der Waals surface area contributed by atoms with Gasteiger partial charge in [0.25, 0.3) is 0 Å². The summed E-state index contributed by atoms with van der Waals surface area (Å²) < 4.78 is 8.77. The summed E-state index contributed by atoms with van der Waals surface area (Å²) in [4.78, 5) is 10.6. The van der Waals surface area contributed by atoms with Crippen LogP contribution in [-0.4, -0.2) is 14.5 Å². The number of fused-ring (bicyclic) bond motifs is 9. The van der Waals surface area contributed by atoms with E-state index in [0.717, 1.165) is 55.7 Å². The number of rotatable bonds is 5. The van der Waals surface area contributed by atoms with Gasteiger partial charge in [0.05, 0.1) is 22.4 Å². The van der Waals surface area contributed by atoms with Gasteiger partial charge in [-0.05, 0) is 82.4 Å². The van der Waals surface area contributed by atoms with Gasteiger partial charge in [-0.25, -0.2) is 9.97 Å². The van der Waals surface area contributed by atoms with Crippen molar-refractivity contribution >= 4 is 43.7 Å². The van der Waals surface area contributed by atoms with Gasteiger partial charge >= 0.3 is 0 Å². The van der Waals surface area contributed by atoms with Crippen LogP contribution in [0, 0.1) is 0 Å². The molecule has 8 aromatic carbocycles. The molecule has 0 amide bonds. The highest BCUT2D eigenvalue weighted by Gasteiger charge is 2.30. The van der Waals surface area contributed by atoms with E-state index in [1.54, 1.807) is 0 Å². The first kappa shape index (κ1) is 31.8. The minimum absolute atomic E-state index is 0.0505. The number of furan rings is 1. The molecule has 0 atom stereocenters. The van der Waals surface area contributed by atoms with Crippen LogP contribution in [-0.2, 0) is 0 Å². The van der Waals surface area contributed by atoms with Crippen molar-refractivity contribution < 1.29 is 4.42 Å². The molecule has 0 saturated heterocycles. The Kier molecular flexibility index (Phi) is 6.96. The van der Waals surface area contributed by atoms with Crippen LogP contribution in [0.15, 0.2) is 199 Å². The topological polar surface area (TPSA) is 43.9 Å². The minimum Gasteiger partial charge on any atom is -0.456 e. The van der Waals surface area contributed by atoms with Crippen molar-refractivity contribution in [1.82, 2.24) is 14.5 Å². The minimum atomic E-state index is 0.0505. The zero-order valence-corrected chi connectivity index (χ0v) is 30.8. The van der Waals surface area contributed by atoms with Crippen LogP contribution < -0.4 is 0 Å². The lowest BCUT2D eigenvalue weighted by molar-refractivity contribution is 0.669. The molecule has 3 heterocycles. The number of aromatic nitrogens is 3. The number of hydrogen-bond acceptors (Lipinski definition) is 3. The van der Waals surface area contributed by atoms with Crippen molar-refractivity contribution in [2.75, 3.05) is 0 Å². The fourth-order valence-corrected chi connectivity index (χ4v) is 9.14. The summed E-state index contributed by atoms with van der Waals surface area (Å²) in [6, 6.07) is 69.2. The molecular weight excluding hydrogens is 695 g/mol. The largest absolute Gasteiger partial charge is 0.456 e. The molecule has 0 radical (unpaired) electrons. The van der Waals surface area contributed by atoms with E-state index in [9.17, 15) is 0 Å². The Bertz CT molecular complexity index is 3270. The second-order valence-corrected chi connectivity index (χ2v) is 14.9. The quantitative estimate of drug-likeness (QED) is 0.177. The molecule has 0 fully saturated rings. The fourth-order valence-electron chi connectivity index (χ4n) is 9.14. The third-order valence-corrected chi connectivity index (χ3v) is 11.7. The van der Waals surface area contributed by atoms with Gasteiger partial charge in [-0.3, -0.25) is 0 Å². The van der Waals surface area contributed by atoms with E-state index in [-0.39, 0.29) is 5.92 Å². The van der Waals surface area contributed by atoms with Crippen LogP contribution >= 0.6 is 0 Å². The van der Waals surface area contributed by atoms with Crippen LogP contribution in [0.2, 0.25) is 0 Å². The molecule has 0 spiro atoms. The Hall–Kier alpha value is -7.56. The van der Waals surface area contributed by atoms with E-state index in [1.165, 1.54) is 49.6 Å². The van der Waals surface area contributed by atoms with Crippen molar-refractivity contribution in [1.29, 1.82) is 0 Å². The van der Waals surface area contributed by atoms with E-state index in [0.29, 0.717) is 5.82 Å². The number of benzene rings is 8. The smallest absolute Gasteiger partial charge is 0.160 e. The average Bonchev–Trinajstić information content (AvgIpc) is 3.94. The normalized spacial score (nSPS) is 12.5. The first-order valence-electron chi connectivity index (χ1n) is 19.4. The SMILES string of the molecule is c1ccc(-c2nc(-c3cc(C4c5ccccc5-c5ccccc54)cc(-n4c5ccccc5c5ccccc54)c3)cc(-c3ccc4c(c3)oc3ccccc34)n2)cc1. The Morgan fingerprint density at radius 3 is 1.70 bits per heavy atom. The molecule has 1 aliphatic rings. The van der Waals surface area contributed by atoms with Gasteiger partial charge in [-0.15, -0.1) is 0 Å². The highest BCUT2D eigenvalue weighted by Crippen LogP contribution is 2.49. The molecular formula is C53H33N3O. The van der Waals surface area contributed by atoms with E-state index in [4.69, 9.17) is 14.4 Å². The van der Waals surface area contributed by atoms with Crippen LogP contribution in [0.1, 0.15) is 22.6 Å². The third-order valence-electron chi connectivity index (χ3n) is 11.7. The van der Waals surface area contributed by atoms with Gasteiger partial charge in [0, 0.05) is 49.8 Å². The molecule has 57 heavy (non-hydrogen) atoms. The monoisotopic (exact) mass is 727 g/mol. The zero-order valence-electron chi connectivity index (χ0n) is 30.8. The summed E-state index contributed by atoms with van der Waals surface area (Å²) in [6.07, 6.45) is 0. The summed E-state index contributed by atoms with van der Waals surface area (Å²) in [6.45, 7) is 0. The average molecular weight is 728 g/mol. The fraction of sp³-hybridized carbons (Fsp3) is 0.0189. The molecule has 0 aliphatic heterocycles. The predicted molar refractivity (Wildman–Crippen MR) is 233 cm³/mol. The van der Waals surface area contributed by atoms with Gasteiger partial charge in [0.15, 0.2) is 5.82 Å². The molecule has 0 unspecified atom stereocenters. The molecule has 4 nitrogen and oxygen atoms in total. The number of nitrogens with zero attached hydrogens (tertiary/aromatic N) is 3. The lowest BCUT2D eigenvalue weighted by Gasteiger charge is -2.19. The molecule has 1 aliphatic carbocycles. The second kappa shape index (κ2) is 12.5. The molecule has 266 valence electrons. The van der Waals surface area contributed by atoms with E-state index in [1.807, 2.05) is 30.3 Å². The highest BCUT2D eigenvalue weighted by atomic mass is 16.3. The lowest BCUT2D eigenvalue weighted by atomic mass is 9.87. The van der Waals surface area contributed by atoms with Gasteiger partial charge in [-0.1, -0.05) is 140 Å². The van der Waals surface area contributed by atoms with Crippen LogP contribution in [0.3, 0.4) is 0 Å². The van der Waals surface area contributed by atoms with Gasteiger partial charge in [-0.2, -0.15) is 0 Å². The first-order valence-corrected chi connectivity index (χ1v) is 19.4. The summed E-state index contributed by atoms with van der Waals surface area (Å²) in [5.74, 6) is 0.725. The predicted octanol–water partition coefficient (Wildman–Crippen LogP) is 13.6. The Morgan fingerprint density at radius 1 is 0.404 bits per heavy atom. The Balaban J connectivity index is 1.13. The molecule has 4 heteroatoms. The van der Waals surface area contributed by atoms with Gasteiger partial charge in [0.2, 0.25) is 0 Å². The molecule has 0 N–H and O–H groups in total. The summed E-state index contributed by atoms with van der Waals surface area (Å²) in [5, 5.41) is 4.66. The van der Waals surface area contributed by atoms with Crippen molar-refractivity contribution in [3.63, 3.8) is 0 Å². The van der Waals surface area contributed by atoms with Gasteiger partial charge < -0.3 is 8.98 Å². The van der Waals surface area contributed by atoms with Crippen molar-refractivity contribution in [3.8, 4) is 50.7 Å². The van der Waals surface area contributed by atoms with E-state index >= 15 is 0 Å². The maximum Gasteiger partial charge on any atom is 0.160 e. The molecule has 0 bridgehead atoms. The number of hydrogen-bond donors (Lipinski definition) is 0. The van der Waals surface area contributed by atoms with E-state index in [2.05, 4.69) is 168 Å².